The maximum absolute atomic E-state index is 6.01. The van der Waals surface area contributed by atoms with E-state index in [-0.39, 0.29) is 0 Å². The Morgan fingerprint density at radius 2 is 1.73 bits per heavy atom. The number of fused-ring (bicyclic) bond motifs is 2. The average Bonchev–Trinajstić information content (AvgIpc) is 2.85. The van der Waals surface area contributed by atoms with Crippen molar-refractivity contribution in [1.29, 1.82) is 0 Å². The molecule has 0 atom stereocenters. The van der Waals surface area contributed by atoms with Crippen LogP contribution in [0, 0.1) is 6.92 Å². The molecule has 0 fully saturated rings. The standard InChI is InChI=1S/C12H13ClO2/c1-7-8-2-4-15-12(8)10(6-13)9-3-5-14-11(7)9/h2-6H2,1H3. The number of halogens is 1. The first-order valence-corrected chi connectivity index (χ1v) is 5.85. The molecule has 0 saturated heterocycles. The van der Waals surface area contributed by atoms with E-state index in [1.807, 2.05) is 0 Å². The fraction of sp³-hybridized carbons (Fsp3) is 0.500. The van der Waals surface area contributed by atoms with Crippen molar-refractivity contribution in [1.82, 2.24) is 0 Å². The lowest BCUT2D eigenvalue weighted by molar-refractivity contribution is 0.353. The van der Waals surface area contributed by atoms with Crippen molar-refractivity contribution >= 4 is 11.6 Å². The van der Waals surface area contributed by atoms with Gasteiger partial charge in [-0.2, -0.15) is 0 Å². The molecule has 15 heavy (non-hydrogen) atoms. The Hall–Kier alpha value is -0.890. The van der Waals surface area contributed by atoms with Gasteiger partial charge >= 0.3 is 0 Å². The summed E-state index contributed by atoms with van der Waals surface area (Å²) in [6.45, 7) is 3.68. The van der Waals surface area contributed by atoms with Gasteiger partial charge in [0, 0.05) is 29.5 Å². The quantitative estimate of drug-likeness (QED) is 0.683. The summed E-state index contributed by atoms with van der Waals surface area (Å²) in [5.41, 5.74) is 4.97. The van der Waals surface area contributed by atoms with Crippen LogP contribution in [0.2, 0.25) is 0 Å². The Morgan fingerprint density at radius 3 is 2.47 bits per heavy atom. The van der Waals surface area contributed by atoms with E-state index >= 15 is 0 Å². The van der Waals surface area contributed by atoms with E-state index in [1.54, 1.807) is 0 Å². The molecule has 3 heteroatoms. The molecule has 2 nitrogen and oxygen atoms in total. The van der Waals surface area contributed by atoms with Crippen molar-refractivity contribution < 1.29 is 9.47 Å². The molecule has 0 saturated carbocycles. The van der Waals surface area contributed by atoms with Crippen LogP contribution >= 0.6 is 11.6 Å². The summed E-state index contributed by atoms with van der Waals surface area (Å²) in [6.07, 6.45) is 1.95. The molecule has 1 aromatic carbocycles. The maximum atomic E-state index is 6.01. The van der Waals surface area contributed by atoms with Crippen LogP contribution in [-0.4, -0.2) is 13.2 Å². The predicted molar refractivity (Wildman–Crippen MR) is 59.1 cm³/mol. The lowest BCUT2D eigenvalue weighted by atomic mass is 9.96. The monoisotopic (exact) mass is 224 g/mol. The topological polar surface area (TPSA) is 18.5 Å². The molecule has 2 heterocycles. The number of alkyl halides is 1. The summed E-state index contributed by atoms with van der Waals surface area (Å²) < 4.78 is 11.4. The van der Waals surface area contributed by atoms with Gasteiger partial charge in [-0.3, -0.25) is 0 Å². The van der Waals surface area contributed by atoms with Crippen LogP contribution in [0.4, 0.5) is 0 Å². The zero-order chi connectivity index (χ0) is 10.4. The first-order chi connectivity index (χ1) is 7.33. The van der Waals surface area contributed by atoms with Crippen molar-refractivity contribution in [2.45, 2.75) is 25.6 Å². The van der Waals surface area contributed by atoms with Gasteiger partial charge in [-0.25, -0.2) is 0 Å². The number of benzene rings is 1. The molecule has 2 aliphatic heterocycles. The fourth-order valence-electron chi connectivity index (χ4n) is 2.58. The van der Waals surface area contributed by atoms with Crippen molar-refractivity contribution in [3.8, 4) is 11.5 Å². The summed E-state index contributed by atoms with van der Waals surface area (Å²) in [5, 5.41) is 0. The van der Waals surface area contributed by atoms with E-state index < -0.39 is 0 Å². The van der Waals surface area contributed by atoms with Crippen LogP contribution in [-0.2, 0) is 18.7 Å². The van der Waals surface area contributed by atoms with Crippen LogP contribution in [0.5, 0.6) is 11.5 Å². The van der Waals surface area contributed by atoms with E-state index in [1.165, 1.54) is 16.7 Å². The van der Waals surface area contributed by atoms with Gasteiger partial charge in [0.15, 0.2) is 0 Å². The van der Waals surface area contributed by atoms with Gasteiger partial charge in [-0.05, 0) is 12.5 Å². The van der Waals surface area contributed by atoms with Crippen molar-refractivity contribution in [2.24, 2.45) is 0 Å². The van der Waals surface area contributed by atoms with E-state index in [0.29, 0.717) is 5.88 Å². The maximum Gasteiger partial charge on any atom is 0.127 e. The second-order valence-electron chi connectivity index (χ2n) is 4.05. The molecule has 0 aliphatic carbocycles. The third-order valence-corrected chi connectivity index (χ3v) is 3.58. The van der Waals surface area contributed by atoms with Crippen molar-refractivity contribution in [3.05, 3.63) is 22.3 Å². The van der Waals surface area contributed by atoms with Gasteiger partial charge in [0.05, 0.1) is 19.1 Å². The van der Waals surface area contributed by atoms with Gasteiger partial charge in [-0.15, -0.1) is 11.6 Å². The van der Waals surface area contributed by atoms with Crippen molar-refractivity contribution in [2.75, 3.05) is 13.2 Å². The van der Waals surface area contributed by atoms with Gasteiger partial charge < -0.3 is 9.47 Å². The Labute approximate surface area is 94.1 Å². The Morgan fingerprint density at radius 1 is 1.07 bits per heavy atom. The second kappa shape index (κ2) is 3.31. The summed E-state index contributed by atoms with van der Waals surface area (Å²) in [7, 11) is 0. The van der Waals surface area contributed by atoms with Crippen LogP contribution in [0.25, 0.3) is 0 Å². The normalized spacial score (nSPS) is 16.9. The van der Waals surface area contributed by atoms with Gasteiger partial charge in [0.2, 0.25) is 0 Å². The van der Waals surface area contributed by atoms with Gasteiger partial charge in [0.1, 0.15) is 11.5 Å². The highest BCUT2D eigenvalue weighted by Gasteiger charge is 2.28. The van der Waals surface area contributed by atoms with Crippen LogP contribution in [0.1, 0.15) is 22.3 Å². The Balaban J connectivity index is 2.31. The zero-order valence-corrected chi connectivity index (χ0v) is 9.49. The number of hydrogen-bond donors (Lipinski definition) is 0. The number of rotatable bonds is 1. The third kappa shape index (κ3) is 1.18. The molecule has 0 N–H and O–H groups in total. The van der Waals surface area contributed by atoms with Crippen molar-refractivity contribution in [3.63, 3.8) is 0 Å². The van der Waals surface area contributed by atoms with E-state index in [2.05, 4.69) is 6.92 Å². The molecule has 0 amide bonds. The highest BCUT2D eigenvalue weighted by Crippen LogP contribution is 2.44. The van der Waals surface area contributed by atoms with Crippen LogP contribution in [0.15, 0.2) is 0 Å². The smallest absolute Gasteiger partial charge is 0.127 e. The molecule has 80 valence electrons. The minimum atomic E-state index is 0.522. The predicted octanol–water partition coefficient (Wildman–Crippen LogP) is 2.60. The highest BCUT2D eigenvalue weighted by molar-refractivity contribution is 6.17. The SMILES string of the molecule is Cc1c2c(c(CCl)c3c1OCC3)OCC2. The molecule has 0 unspecified atom stereocenters. The molecular weight excluding hydrogens is 212 g/mol. The van der Waals surface area contributed by atoms with Crippen LogP contribution in [0.3, 0.4) is 0 Å². The minimum absolute atomic E-state index is 0.522. The average molecular weight is 225 g/mol. The summed E-state index contributed by atoms with van der Waals surface area (Å²) in [4.78, 5) is 0. The molecular formula is C12H13ClO2. The largest absolute Gasteiger partial charge is 0.493 e. The molecule has 3 rings (SSSR count). The molecule has 0 spiro atoms. The van der Waals surface area contributed by atoms with E-state index in [9.17, 15) is 0 Å². The van der Waals surface area contributed by atoms with Crippen LogP contribution < -0.4 is 9.47 Å². The summed E-state index contributed by atoms with van der Waals surface area (Å²) in [5.74, 6) is 2.62. The van der Waals surface area contributed by atoms with E-state index in [4.69, 9.17) is 21.1 Å². The fourth-order valence-corrected chi connectivity index (χ4v) is 2.86. The lowest BCUT2D eigenvalue weighted by Crippen LogP contribution is -1.96. The molecule has 1 aromatic rings. The first-order valence-electron chi connectivity index (χ1n) is 5.31. The zero-order valence-electron chi connectivity index (χ0n) is 8.73. The minimum Gasteiger partial charge on any atom is -0.493 e. The number of hydrogen-bond acceptors (Lipinski definition) is 2. The van der Waals surface area contributed by atoms with Gasteiger partial charge in [-0.1, -0.05) is 0 Å². The lowest BCUT2D eigenvalue weighted by Gasteiger charge is -2.13. The molecule has 0 radical (unpaired) electrons. The second-order valence-corrected chi connectivity index (χ2v) is 4.32. The summed E-state index contributed by atoms with van der Waals surface area (Å²) in [6, 6.07) is 0. The Kier molecular flexibility index (Phi) is 2.06. The summed E-state index contributed by atoms with van der Waals surface area (Å²) >= 11 is 6.01. The van der Waals surface area contributed by atoms with E-state index in [0.717, 1.165) is 43.1 Å². The third-order valence-electron chi connectivity index (χ3n) is 3.31. The molecule has 2 aliphatic rings. The molecule has 0 bridgehead atoms. The van der Waals surface area contributed by atoms with Gasteiger partial charge in [0.25, 0.3) is 0 Å². The first kappa shape index (κ1) is 9.34. The Bertz CT molecular complexity index is 391. The molecule has 0 aromatic heterocycles. The number of ether oxygens (including phenoxy) is 2. The highest BCUT2D eigenvalue weighted by atomic mass is 35.5.